The number of nitrogens with zero attached hydrogens (tertiary/aromatic N) is 5. The van der Waals surface area contributed by atoms with Gasteiger partial charge >= 0.3 is 5.97 Å². The monoisotopic (exact) mass is 296 g/mol. The highest BCUT2D eigenvalue weighted by atomic mass is 16.5. The van der Waals surface area contributed by atoms with Gasteiger partial charge in [-0.2, -0.15) is 5.26 Å². The van der Waals surface area contributed by atoms with E-state index in [-0.39, 0.29) is 16.9 Å². The summed E-state index contributed by atoms with van der Waals surface area (Å²) in [5.41, 5.74) is 8.44. The summed E-state index contributed by atoms with van der Waals surface area (Å²) < 4.78 is 7.91. The standard InChI is InChI=1S/C14H12N6O2/c1-19-11-4-3-9(5-10(11)17-18-19)20-7-8(6-15)12(16)13(20)14(21)22-2/h3-5,7H,16H2,1-2H3. The second-order valence-corrected chi connectivity index (χ2v) is 4.66. The first kappa shape index (κ1) is 13.6. The summed E-state index contributed by atoms with van der Waals surface area (Å²) in [6.07, 6.45) is 1.50. The second-order valence-electron chi connectivity index (χ2n) is 4.66. The van der Waals surface area contributed by atoms with Gasteiger partial charge in [-0.15, -0.1) is 5.10 Å². The Kier molecular flexibility index (Phi) is 3.03. The van der Waals surface area contributed by atoms with Crippen molar-refractivity contribution >= 4 is 22.7 Å². The molecule has 0 aliphatic rings. The van der Waals surface area contributed by atoms with Crippen molar-refractivity contribution in [2.45, 2.75) is 0 Å². The van der Waals surface area contributed by atoms with E-state index in [4.69, 9.17) is 15.7 Å². The molecule has 8 nitrogen and oxygen atoms in total. The number of methoxy groups -OCH3 is 1. The van der Waals surface area contributed by atoms with Crippen LogP contribution in [0.2, 0.25) is 0 Å². The quantitative estimate of drug-likeness (QED) is 0.706. The van der Waals surface area contributed by atoms with Crippen LogP contribution in [0.4, 0.5) is 5.69 Å². The van der Waals surface area contributed by atoms with Crippen molar-refractivity contribution in [3.8, 4) is 11.8 Å². The van der Waals surface area contributed by atoms with Crippen LogP contribution in [0, 0.1) is 11.3 Å². The van der Waals surface area contributed by atoms with Crippen LogP contribution in [0.5, 0.6) is 0 Å². The first-order valence-corrected chi connectivity index (χ1v) is 6.36. The first-order valence-electron chi connectivity index (χ1n) is 6.36. The van der Waals surface area contributed by atoms with Gasteiger partial charge in [0, 0.05) is 18.9 Å². The van der Waals surface area contributed by atoms with Crippen molar-refractivity contribution < 1.29 is 9.53 Å². The molecule has 0 atom stereocenters. The molecule has 0 spiro atoms. The molecule has 0 saturated heterocycles. The van der Waals surface area contributed by atoms with Crippen LogP contribution in [0.25, 0.3) is 16.7 Å². The van der Waals surface area contributed by atoms with Crippen molar-refractivity contribution in [3.63, 3.8) is 0 Å². The van der Waals surface area contributed by atoms with Crippen molar-refractivity contribution in [3.05, 3.63) is 35.7 Å². The molecule has 2 aromatic heterocycles. The van der Waals surface area contributed by atoms with Gasteiger partial charge in [0.25, 0.3) is 0 Å². The summed E-state index contributed by atoms with van der Waals surface area (Å²) in [6, 6.07) is 7.34. The Labute approximate surface area is 125 Å². The number of rotatable bonds is 2. The van der Waals surface area contributed by atoms with Gasteiger partial charge in [-0.05, 0) is 18.2 Å². The third-order valence-electron chi connectivity index (χ3n) is 3.42. The molecule has 0 aliphatic heterocycles. The number of nitriles is 1. The smallest absolute Gasteiger partial charge is 0.357 e. The van der Waals surface area contributed by atoms with E-state index in [0.717, 1.165) is 5.52 Å². The number of esters is 1. The number of hydrogen-bond donors (Lipinski definition) is 1. The van der Waals surface area contributed by atoms with E-state index in [1.807, 2.05) is 12.1 Å². The maximum Gasteiger partial charge on any atom is 0.357 e. The van der Waals surface area contributed by atoms with Crippen molar-refractivity contribution in [1.82, 2.24) is 19.6 Å². The summed E-state index contributed by atoms with van der Waals surface area (Å²) in [5, 5.41) is 17.1. The summed E-state index contributed by atoms with van der Waals surface area (Å²) in [7, 11) is 3.05. The molecule has 2 N–H and O–H groups in total. The van der Waals surface area contributed by atoms with Crippen LogP contribution < -0.4 is 5.73 Å². The number of hydrogen-bond acceptors (Lipinski definition) is 6. The number of benzene rings is 1. The number of fused-ring (bicyclic) bond motifs is 1. The molecular weight excluding hydrogens is 284 g/mol. The highest BCUT2D eigenvalue weighted by Gasteiger charge is 2.22. The van der Waals surface area contributed by atoms with Gasteiger partial charge in [0.2, 0.25) is 0 Å². The van der Waals surface area contributed by atoms with E-state index < -0.39 is 5.97 Å². The maximum atomic E-state index is 12.0. The van der Waals surface area contributed by atoms with Crippen molar-refractivity contribution in [1.29, 1.82) is 5.26 Å². The Hall–Kier alpha value is -3.34. The van der Waals surface area contributed by atoms with E-state index in [2.05, 4.69) is 10.3 Å². The molecule has 0 aliphatic carbocycles. The van der Waals surface area contributed by atoms with Crippen LogP contribution >= 0.6 is 0 Å². The Morgan fingerprint density at radius 3 is 2.91 bits per heavy atom. The average molecular weight is 296 g/mol. The number of aromatic nitrogens is 4. The minimum atomic E-state index is -0.613. The Morgan fingerprint density at radius 2 is 2.23 bits per heavy atom. The van der Waals surface area contributed by atoms with Gasteiger partial charge < -0.3 is 15.0 Å². The Balaban J connectivity index is 2.25. The van der Waals surface area contributed by atoms with Crippen LogP contribution in [-0.2, 0) is 11.8 Å². The van der Waals surface area contributed by atoms with E-state index in [1.165, 1.54) is 17.9 Å². The second kappa shape index (κ2) is 4.89. The Bertz CT molecular complexity index is 931. The highest BCUT2D eigenvalue weighted by molar-refractivity contribution is 5.96. The van der Waals surface area contributed by atoms with Gasteiger partial charge in [0.15, 0.2) is 5.69 Å². The summed E-state index contributed by atoms with van der Waals surface area (Å²) >= 11 is 0. The first-order chi connectivity index (χ1) is 10.6. The zero-order valence-corrected chi connectivity index (χ0v) is 11.9. The topological polar surface area (TPSA) is 112 Å². The van der Waals surface area contributed by atoms with Gasteiger partial charge in [-0.3, -0.25) is 0 Å². The predicted octanol–water partition coefficient (Wildman–Crippen LogP) is 0.999. The van der Waals surface area contributed by atoms with Crippen molar-refractivity contribution in [2.75, 3.05) is 12.8 Å². The van der Waals surface area contributed by atoms with Crippen LogP contribution in [0.15, 0.2) is 24.4 Å². The summed E-state index contributed by atoms with van der Waals surface area (Å²) in [6.45, 7) is 0. The van der Waals surface area contributed by atoms with E-state index in [1.54, 1.807) is 23.9 Å². The molecule has 3 aromatic rings. The lowest BCUT2D eigenvalue weighted by molar-refractivity contribution is 0.0593. The largest absolute Gasteiger partial charge is 0.464 e. The molecule has 8 heteroatoms. The number of nitrogen functional groups attached to an aromatic ring is 1. The maximum absolute atomic E-state index is 12.0. The third kappa shape index (κ3) is 1.88. The zero-order chi connectivity index (χ0) is 15.9. The number of anilines is 1. The zero-order valence-electron chi connectivity index (χ0n) is 11.9. The lowest BCUT2D eigenvalue weighted by atomic mass is 10.2. The molecule has 0 amide bonds. The highest BCUT2D eigenvalue weighted by Crippen LogP contribution is 2.26. The van der Waals surface area contributed by atoms with Gasteiger partial charge in [-0.25, -0.2) is 9.48 Å². The van der Waals surface area contributed by atoms with Gasteiger partial charge in [0.05, 0.1) is 23.9 Å². The number of ether oxygens (including phenoxy) is 1. The van der Waals surface area contributed by atoms with Gasteiger partial charge in [-0.1, -0.05) is 5.21 Å². The van der Waals surface area contributed by atoms with Crippen LogP contribution in [0.3, 0.4) is 0 Å². The molecule has 0 bridgehead atoms. The fraction of sp³-hybridized carbons (Fsp3) is 0.143. The molecule has 2 heterocycles. The molecule has 22 heavy (non-hydrogen) atoms. The molecule has 3 rings (SSSR count). The Morgan fingerprint density at radius 1 is 1.45 bits per heavy atom. The predicted molar refractivity (Wildman–Crippen MR) is 78.3 cm³/mol. The molecule has 0 fully saturated rings. The molecule has 0 unspecified atom stereocenters. The number of carbonyl (C=O) groups is 1. The minimum Gasteiger partial charge on any atom is -0.464 e. The van der Waals surface area contributed by atoms with Gasteiger partial charge in [0.1, 0.15) is 11.6 Å². The summed E-state index contributed by atoms with van der Waals surface area (Å²) in [5.74, 6) is -0.613. The molecular formula is C14H12N6O2. The number of aryl methyl sites for hydroxylation is 1. The van der Waals surface area contributed by atoms with Crippen LogP contribution in [0.1, 0.15) is 16.1 Å². The molecule has 0 saturated carbocycles. The van der Waals surface area contributed by atoms with E-state index >= 15 is 0 Å². The number of nitrogens with two attached hydrogens (primary N) is 1. The fourth-order valence-electron chi connectivity index (χ4n) is 2.30. The van der Waals surface area contributed by atoms with E-state index in [9.17, 15) is 4.79 Å². The SMILES string of the molecule is COC(=O)c1c(N)c(C#N)cn1-c1ccc2c(c1)nnn2C. The third-order valence-corrected chi connectivity index (χ3v) is 3.42. The average Bonchev–Trinajstić information content (AvgIpc) is 3.07. The summed E-state index contributed by atoms with van der Waals surface area (Å²) in [4.78, 5) is 12.0. The van der Waals surface area contributed by atoms with E-state index in [0.29, 0.717) is 11.2 Å². The lowest BCUT2D eigenvalue weighted by Gasteiger charge is -2.08. The number of carbonyl (C=O) groups excluding carboxylic acids is 1. The molecule has 110 valence electrons. The van der Waals surface area contributed by atoms with Crippen LogP contribution in [-0.4, -0.2) is 32.6 Å². The fourth-order valence-corrected chi connectivity index (χ4v) is 2.30. The minimum absolute atomic E-state index is 0.0913. The lowest BCUT2D eigenvalue weighted by Crippen LogP contribution is -2.11. The normalized spacial score (nSPS) is 10.6. The van der Waals surface area contributed by atoms with Crippen molar-refractivity contribution in [2.24, 2.45) is 7.05 Å². The molecule has 0 radical (unpaired) electrons. The molecule has 1 aromatic carbocycles.